The van der Waals surface area contributed by atoms with Crippen LogP contribution in [-0.4, -0.2) is 24.5 Å². The molecular weight excluding hydrogens is 176 g/mol. The Morgan fingerprint density at radius 1 is 1.57 bits per heavy atom. The molecule has 2 N–H and O–H groups in total. The fraction of sp³-hybridized carbons (Fsp3) is 0.909. The van der Waals surface area contributed by atoms with Crippen LogP contribution in [0.1, 0.15) is 39.5 Å². The zero-order valence-corrected chi connectivity index (χ0v) is 9.10. The van der Waals surface area contributed by atoms with Gasteiger partial charge in [0, 0.05) is 17.5 Å². The van der Waals surface area contributed by atoms with Crippen molar-refractivity contribution in [2.45, 2.75) is 51.6 Å². The lowest BCUT2D eigenvalue weighted by molar-refractivity contribution is -0.127. The van der Waals surface area contributed by atoms with E-state index in [2.05, 4.69) is 24.5 Å². The van der Waals surface area contributed by atoms with Crippen LogP contribution < -0.4 is 10.6 Å². The first-order valence-corrected chi connectivity index (χ1v) is 5.72. The van der Waals surface area contributed by atoms with Crippen LogP contribution in [0.25, 0.3) is 0 Å². The van der Waals surface area contributed by atoms with Gasteiger partial charge in [-0.2, -0.15) is 0 Å². The molecule has 0 spiro atoms. The molecule has 0 aromatic carbocycles. The fourth-order valence-corrected chi connectivity index (χ4v) is 2.27. The Bertz CT molecular complexity index is 235. The number of carbonyl (C=O) groups excluding carboxylic acids is 1. The van der Waals surface area contributed by atoms with Crippen LogP contribution in [0.3, 0.4) is 0 Å². The minimum absolute atomic E-state index is 0.0162. The highest BCUT2D eigenvalue weighted by molar-refractivity contribution is 5.85. The van der Waals surface area contributed by atoms with E-state index in [1.807, 2.05) is 0 Å². The van der Waals surface area contributed by atoms with Gasteiger partial charge in [-0.05, 0) is 39.2 Å². The first-order chi connectivity index (χ1) is 6.68. The summed E-state index contributed by atoms with van der Waals surface area (Å²) in [5.41, 5.74) is 0.0162. The van der Waals surface area contributed by atoms with E-state index in [1.165, 1.54) is 0 Å². The van der Waals surface area contributed by atoms with E-state index in [-0.39, 0.29) is 5.41 Å². The van der Waals surface area contributed by atoms with Crippen molar-refractivity contribution in [3.8, 4) is 0 Å². The summed E-state index contributed by atoms with van der Waals surface area (Å²) >= 11 is 0. The molecule has 0 aromatic rings. The quantitative estimate of drug-likeness (QED) is 0.708. The van der Waals surface area contributed by atoms with Crippen LogP contribution >= 0.6 is 0 Å². The molecule has 1 aliphatic carbocycles. The van der Waals surface area contributed by atoms with E-state index >= 15 is 0 Å². The molecule has 2 atom stereocenters. The Labute approximate surface area is 85.6 Å². The molecule has 0 radical (unpaired) electrons. The van der Waals surface area contributed by atoms with Crippen molar-refractivity contribution >= 4 is 5.91 Å². The van der Waals surface area contributed by atoms with Gasteiger partial charge in [0.05, 0.1) is 0 Å². The first kappa shape index (κ1) is 9.97. The predicted octanol–water partition coefficient (Wildman–Crippen LogP) is 1.04. The van der Waals surface area contributed by atoms with Gasteiger partial charge in [-0.3, -0.25) is 4.79 Å². The zero-order valence-electron chi connectivity index (χ0n) is 9.10. The maximum absolute atomic E-state index is 11.9. The molecular formula is C11H20N2O. The monoisotopic (exact) mass is 196 g/mol. The largest absolute Gasteiger partial charge is 0.351 e. The summed E-state index contributed by atoms with van der Waals surface area (Å²) in [5, 5.41) is 6.53. The van der Waals surface area contributed by atoms with Gasteiger partial charge in [-0.1, -0.05) is 6.92 Å². The van der Waals surface area contributed by atoms with E-state index in [4.69, 9.17) is 0 Å². The second kappa shape index (κ2) is 3.54. The lowest BCUT2D eigenvalue weighted by Gasteiger charge is -2.20. The second-order valence-electron chi connectivity index (χ2n) is 4.75. The molecule has 0 bridgehead atoms. The summed E-state index contributed by atoms with van der Waals surface area (Å²) in [6, 6.07) is 0.790. The van der Waals surface area contributed by atoms with E-state index in [0.29, 0.717) is 18.0 Å². The summed E-state index contributed by atoms with van der Waals surface area (Å²) in [7, 11) is 0. The van der Waals surface area contributed by atoms with Gasteiger partial charge in [0.25, 0.3) is 0 Å². The zero-order chi connectivity index (χ0) is 10.2. The molecule has 2 rings (SSSR count). The van der Waals surface area contributed by atoms with Gasteiger partial charge in [0.1, 0.15) is 0 Å². The van der Waals surface area contributed by atoms with Crippen LogP contribution in [-0.2, 0) is 4.79 Å². The smallest absolute Gasteiger partial charge is 0.226 e. The lowest BCUT2D eigenvalue weighted by Crippen LogP contribution is -2.44. The van der Waals surface area contributed by atoms with Crippen LogP contribution in [0, 0.1) is 5.41 Å². The Kier molecular flexibility index (Phi) is 2.52. The highest BCUT2D eigenvalue weighted by Gasteiger charge is 2.48. The van der Waals surface area contributed by atoms with E-state index in [1.54, 1.807) is 0 Å². The van der Waals surface area contributed by atoms with Crippen LogP contribution in [0.15, 0.2) is 0 Å². The van der Waals surface area contributed by atoms with Crippen LogP contribution in [0.2, 0.25) is 0 Å². The number of amides is 1. The summed E-state index contributed by atoms with van der Waals surface area (Å²) < 4.78 is 0. The molecule has 14 heavy (non-hydrogen) atoms. The highest BCUT2D eigenvalue weighted by Crippen LogP contribution is 2.48. The third-order valence-corrected chi connectivity index (χ3v) is 3.85. The van der Waals surface area contributed by atoms with Gasteiger partial charge >= 0.3 is 0 Å². The number of hydrogen-bond acceptors (Lipinski definition) is 2. The highest BCUT2D eigenvalue weighted by atomic mass is 16.2. The minimum atomic E-state index is 0.0162. The summed E-state index contributed by atoms with van der Waals surface area (Å²) in [6.45, 7) is 5.29. The minimum Gasteiger partial charge on any atom is -0.351 e. The van der Waals surface area contributed by atoms with Crippen molar-refractivity contribution in [2.75, 3.05) is 6.54 Å². The third kappa shape index (κ3) is 1.65. The number of hydrogen-bond donors (Lipinski definition) is 2. The summed E-state index contributed by atoms with van der Waals surface area (Å²) in [6.07, 6.45) is 4.24. The van der Waals surface area contributed by atoms with Crippen LogP contribution in [0.4, 0.5) is 0 Å². The van der Waals surface area contributed by atoms with E-state index in [9.17, 15) is 4.79 Å². The molecule has 1 heterocycles. The molecule has 0 aromatic heterocycles. The first-order valence-electron chi connectivity index (χ1n) is 5.72. The summed E-state index contributed by atoms with van der Waals surface area (Å²) in [5.74, 6) is 0.292. The molecule has 1 saturated carbocycles. The average molecular weight is 196 g/mol. The van der Waals surface area contributed by atoms with Gasteiger partial charge in [0.2, 0.25) is 5.91 Å². The van der Waals surface area contributed by atoms with E-state index < -0.39 is 0 Å². The summed E-state index contributed by atoms with van der Waals surface area (Å²) in [4.78, 5) is 11.9. The second-order valence-corrected chi connectivity index (χ2v) is 4.75. The SMILES string of the molecule is CCC1(C(=O)NC2CCNC2C)CC1. The molecule has 2 unspecified atom stereocenters. The van der Waals surface area contributed by atoms with Gasteiger partial charge in [0.15, 0.2) is 0 Å². The number of rotatable bonds is 3. The van der Waals surface area contributed by atoms with E-state index in [0.717, 1.165) is 32.2 Å². The number of carbonyl (C=O) groups is 1. The molecule has 1 aliphatic heterocycles. The Balaban J connectivity index is 1.88. The standard InChI is InChI=1S/C11H20N2O/c1-3-11(5-6-11)10(14)13-9-4-7-12-8(9)2/h8-9,12H,3-7H2,1-2H3,(H,13,14). The maximum Gasteiger partial charge on any atom is 0.226 e. The normalized spacial score (nSPS) is 34.1. The van der Waals surface area contributed by atoms with Gasteiger partial charge < -0.3 is 10.6 Å². The Morgan fingerprint density at radius 2 is 2.29 bits per heavy atom. The Morgan fingerprint density at radius 3 is 2.71 bits per heavy atom. The molecule has 1 saturated heterocycles. The van der Waals surface area contributed by atoms with Crippen molar-refractivity contribution in [2.24, 2.45) is 5.41 Å². The lowest BCUT2D eigenvalue weighted by atomic mass is 10.0. The van der Waals surface area contributed by atoms with Crippen molar-refractivity contribution in [1.82, 2.24) is 10.6 Å². The topological polar surface area (TPSA) is 41.1 Å². The molecule has 80 valence electrons. The molecule has 2 fully saturated rings. The molecule has 1 amide bonds. The fourth-order valence-electron chi connectivity index (χ4n) is 2.27. The van der Waals surface area contributed by atoms with Crippen molar-refractivity contribution < 1.29 is 4.79 Å². The van der Waals surface area contributed by atoms with Crippen molar-refractivity contribution in [1.29, 1.82) is 0 Å². The average Bonchev–Trinajstić information content (AvgIpc) is 2.89. The van der Waals surface area contributed by atoms with Crippen molar-refractivity contribution in [3.05, 3.63) is 0 Å². The maximum atomic E-state index is 11.9. The predicted molar refractivity (Wildman–Crippen MR) is 56.0 cm³/mol. The number of nitrogens with one attached hydrogen (secondary N) is 2. The van der Waals surface area contributed by atoms with Crippen LogP contribution in [0.5, 0.6) is 0 Å². The molecule has 3 nitrogen and oxygen atoms in total. The molecule has 2 aliphatic rings. The van der Waals surface area contributed by atoms with Gasteiger partial charge in [-0.25, -0.2) is 0 Å². The third-order valence-electron chi connectivity index (χ3n) is 3.85. The van der Waals surface area contributed by atoms with Crippen molar-refractivity contribution in [3.63, 3.8) is 0 Å². The van der Waals surface area contributed by atoms with Gasteiger partial charge in [-0.15, -0.1) is 0 Å². The Hall–Kier alpha value is -0.570. The molecule has 3 heteroatoms.